The van der Waals surface area contributed by atoms with Crippen LogP contribution in [0.3, 0.4) is 0 Å². The minimum atomic E-state index is -1.05. The molecule has 0 radical (unpaired) electrons. The summed E-state index contributed by atoms with van der Waals surface area (Å²) in [6, 6.07) is 30.2. The number of amides is 3. The number of hydrogen-bond donors (Lipinski definition) is 7. The molecular weight excluding hydrogens is 1150 g/mol. The number of nitrogens with one attached hydrogen (secondary N) is 3. The van der Waals surface area contributed by atoms with Gasteiger partial charge >= 0.3 is 0 Å². The van der Waals surface area contributed by atoms with Crippen LogP contribution in [0, 0.1) is 26.7 Å². The second kappa shape index (κ2) is 30.5. The second-order valence-corrected chi connectivity index (χ2v) is 23.7. The Hall–Kier alpha value is -7.09. The summed E-state index contributed by atoms with van der Waals surface area (Å²) < 4.78 is 5.87. The Kier molecular flexibility index (Phi) is 23.0. The Bertz CT molecular complexity index is 3680. The maximum atomic E-state index is 13.0. The Morgan fingerprint density at radius 2 is 0.837 bits per heavy atom. The number of carbonyl (C=O) groups is 3. The zero-order chi connectivity index (χ0) is 61.6. The maximum absolute atomic E-state index is 13.0. The van der Waals surface area contributed by atoms with Gasteiger partial charge in [0.25, 0.3) is 17.7 Å². The van der Waals surface area contributed by atoms with Gasteiger partial charge in [-0.05, 0) is 164 Å². The van der Waals surface area contributed by atoms with Crippen LogP contribution in [0.1, 0.15) is 94.4 Å². The largest absolute Gasteiger partial charge is 0.394 e. The predicted octanol–water partition coefficient (Wildman–Crippen LogP) is 8.68. The van der Waals surface area contributed by atoms with Gasteiger partial charge in [0.2, 0.25) is 0 Å². The summed E-state index contributed by atoms with van der Waals surface area (Å²) in [6.45, 7) is 5.55. The van der Waals surface area contributed by atoms with Gasteiger partial charge in [-0.15, -0.1) is 35.3 Å². The van der Waals surface area contributed by atoms with Gasteiger partial charge in [0.1, 0.15) is 42.4 Å². The molecule has 0 aliphatic heterocycles. The number of benzene rings is 3. The Balaban J connectivity index is 0.000000168. The van der Waals surface area contributed by atoms with Gasteiger partial charge in [-0.25, -0.2) is 31.4 Å². The molecule has 3 amide bonds. The molecule has 6 aromatic heterocycles. The molecular formula is C64H75N9O10S3. The molecule has 22 heteroatoms. The number of aliphatic hydroxyl groups excluding tert-OH is 4. The molecule has 9 aromatic rings. The highest BCUT2D eigenvalue weighted by Gasteiger charge is 2.27. The maximum Gasteiger partial charge on any atom is 0.277 e. The smallest absolute Gasteiger partial charge is 0.277 e. The molecule has 0 bridgehead atoms. The van der Waals surface area contributed by atoms with Crippen LogP contribution in [0.2, 0.25) is 0 Å². The normalized spacial score (nSPS) is 12.8. The van der Waals surface area contributed by atoms with Gasteiger partial charge in [-0.1, -0.05) is 18.2 Å². The topological polar surface area (TPSA) is 249 Å². The molecule has 1 aliphatic carbocycles. The molecule has 454 valence electrons. The molecule has 6 heterocycles. The van der Waals surface area contributed by atoms with E-state index in [2.05, 4.69) is 113 Å². The van der Waals surface area contributed by atoms with Gasteiger partial charge in [0, 0.05) is 107 Å². The molecule has 0 saturated heterocycles. The fraction of sp³-hybridized carbons (Fsp3) is 0.344. The first-order valence-electron chi connectivity index (χ1n) is 28.0. The Morgan fingerprint density at radius 3 is 1.12 bits per heavy atom. The van der Waals surface area contributed by atoms with Crippen molar-refractivity contribution in [3.8, 4) is 0 Å². The van der Waals surface area contributed by atoms with E-state index in [1.165, 1.54) is 38.7 Å². The highest BCUT2D eigenvalue weighted by atomic mass is 32.2. The van der Waals surface area contributed by atoms with E-state index in [0.717, 1.165) is 61.1 Å². The van der Waals surface area contributed by atoms with Crippen molar-refractivity contribution in [2.24, 2.45) is 27.1 Å². The van der Waals surface area contributed by atoms with E-state index in [0.29, 0.717) is 59.8 Å². The van der Waals surface area contributed by atoms with Gasteiger partial charge in [-0.2, -0.15) is 0 Å². The number of pyridine rings is 3. The van der Waals surface area contributed by atoms with Gasteiger partial charge < -0.3 is 34.1 Å². The third-order valence-corrected chi connectivity index (χ3v) is 17.3. The van der Waals surface area contributed by atoms with E-state index < -0.39 is 37.2 Å². The first-order valence-corrected chi connectivity index (χ1v) is 31.7. The lowest BCUT2D eigenvalue weighted by atomic mass is 10.0. The molecule has 1 saturated carbocycles. The molecule has 1 fully saturated rings. The van der Waals surface area contributed by atoms with Gasteiger partial charge in [0.05, 0.1) is 36.5 Å². The Morgan fingerprint density at radius 1 is 0.523 bits per heavy atom. The summed E-state index contributed by atoms with van der Waals surface area (Å²) in [7, 11) is 5.75. The lowest BCUT2D eigenvalue weighted by Crippen LogP contribution is -2.30. The number of aromatic nitrogens is 6. The number of hydrogen-bond acceptors (Lipinski definition) is 16. The molecule has 1 aliphatic rings. The molecule has 86 heavy (non-hydrogen) atoms. The standard InChI is InChI=1S/C22H25N3O2S.2C21H25N3O4S/c1-14-11-17(28-3)9-8-16(14)12-19-20(22(26)24-27-13-15-6-7-15)18-5-4-10-23-21(18)25(19)2;2*1-13-9-16(29-3)7-6-14(13)10-18-19(21(27)23-28-12-15(26)11-25)17-5-4-8-22-20(17)24(18)2/h4-5,8-11,15H,6-7,12-13H2,1-3H3,(H,24,26);2*4-9,15,25-26H,10-12H2,1-3H3,(H,23,27)/t;2*15-/m.10/s1. The molecule has 10 rings (SSSR count). The number of carbonyl (C=O) groups excluding carboxylic acids is 3. The quantitative estimate of drug-likeness (QED) is 0.0234. The van der Waals surface area contributed by atoms with Crippen molar-refractivity contribution < 1.29 is 49.3 Å². The number of aryl methyl sites for hydroxylation is 6. The lowest BCUT2D eigenvalue weighted by Gasteiger charge is -2.12. The summed E-state index contributed by atoms with van der Waals surface area (Å²) in [5, 5.41) is 38.9. The van der Waals surface area contributed by atoms with Gasteiger partial charge in [-0.3, -0.25) is 28.9 Å². The van der Waals surface area contributed by atoms with Crippen molar-refractivity contribution in [2.75, 3.05) is 51.8 Å². The van der Waals surface area contributed by atoms with Crippen LogP contribution in [-0.4, -0.2) is 131 Å². The summed E-state index contributed by atoms with van der Waals surface area (Å²) in [6.07, 6.45) is 13.4. The predicted molar refractivity (Wildman–Crippen MR) is 339 cm³/mol. The zero-order valence-electron chi connectivity index (χ0n) is 49.8. The summed E-state index contributed by atoms with van der Waals surface area (Å²) >= 11 is 5.12. The van der Waals surface area contributed by atoms with Crippen molar-refractivity contribution >= 4 is 86.1 Å². The highest BCUT2D eigenvalue weighted by Crippen LogP contribution is 2.33. The third-order valence-electron chi connectivity index (χ3n) is 15.1. The molecule has 19 nitrogen and oxygen atoms in total. The van der Waals surface area contributed by atoms with E-state index >= 15 is 0 Å². The van der Waals surface area contributed by atoms with E-state index in [4.69, 9.17) is 24.7 Å². The third kappa shape index (κ3) is 15.7. The number of thioether (sulfide) groups is 3. The summed E-state index contributed by atoms with van der Waals surface area (Å²) in [5.74, 6) is -0.441. The zero-order valence-corrected chi connectivity index (χ0v) is 52.3. The van der Waals surface area contributed by atoms with Crippen molar-refractivity contribution in [1.29, 1.82) is 0 Å². The number of hydroxylamine groups is 3. The minimum absolute atomic E-state index is 0.199. The molecule has 0 spiro atoms. The summed E-state index contributed by atoms with van der Waals surface area (Å²) in [4.78, 5) is 71.4. The van der Waals surface area contributed by atoms with E-state index in [9.17, 15) is 24.6 Å². The fourth-order valence-corrected chi connectivity index (χ4v) is 11.5. The Labute approximate surface area is 513 Å². The first-order chi connectivity index (χ1) is 41.5. The SMILES string of the molecule is CSc1ccc(Cc2c(C(=O)NOCC3CC3)c3cccnc3n2C)c(C)c1.CSc1ccc(Cc2c(C(=O)NOC[C@@H](O)CO)c3cccnc3n2C)c(C)c1.CSc1ccc(Cc2c(C(=O)NOC[C@H](O)CO)c3cccnc3n2C)c(C)c1. The minimum Gasteiger partial charge on any atom is -0.394 e. The lowest BCUT2D eigenvalue weighted by molar-refractivity contribution is -0.0296. The number of nitrogens with zero attached hydrogens (tertiary/aromatic N) is 6. The van der Waals surface area contributed by atoms with Crippen molar-refractivity contribution in [1.82, 2.24) is 45.1 Å². The van der Waals surface area contributed by atoms with Crippen LogP contribution in [0.25, 0.3) is 33.1 Å². The van der Waals surface area contributed by atoms with E-state index in [1.807, 2.05) is 71.6 Å². The van der Waals surface area contributed by atoms with E-state index in [1.54, 1.807) is 66.0 Å². The van der Waals surface area contributed by atoms with Crippen molar-refractivity contribution in [3.05, 3.63) is 177 Å². The van der Waals surface area contributed by atoms with Crippen LogP contribution in [0.5, 0.6) is 0 Å². The van der Waals surface area contributed by atoms with Crippen LogP contribution in [-0.2, 0) is 54.9 Å². The van der Waals surface area contributed by atoms with Crippen molar-refractivity contribution in [3.63, 3.8) is 0 Å². The molecule has 2 atom stereocenters. The van der Waals surface area contributed by atoms with Crippen molar-refractivity contribution in [2.45, 2.75) is 79.8 Å². The monoisotopic (exact) mass is 1230 g/mol. The average molecular weight is 1230 g/mol. The first kappa shape index (κ1) is 64.9. The number of rotatable bonds is 23. The molecule has 0 unspecified atom stereocenters. The average Bonchev–Trinajstić information content (AvgIpc) is 2.35. The fourth-order valence-electron chi connectivity index (χ4n) is 10.0. The van der Waals surface area contributed by atoms with Crippen LogP contribution >= 0.6 is 35.3 Å². The van der Waals surface area contributed by atoms with Crippen LogP contribution in [0.4, 0.5) is 0 Å². The van der Waals surface area contributed by atoms with Crippen LogP contribution in [0.15, 0.2) is 124 Å². The second-order valence-electron chi connectivity index (χ2n) is 21.0. The molecule has 7 N–H and O–H groups in total. The number of fused-ring (bicyclic) bond motifs is 3. The van der Waals surface area contributed by atoms with E-state index in [-0.39, 0.29) is 19.1 Å². The highest BCUT2D eigenvalue weighted by molar-refractivity contribution is 7.99. The molecule has 3 aromatic carbocycles. The van der Waals surface area contributed by atoms with Crippen LogP contribution < -0.4 is 16.4 Å². The summed E-state index contributed by atoms with van der Waals surface area (Å²) in [5.41, 5.74) is 20.8. The van der Waals surface area contributed by atoms with Gasteiger partial charge in [0.15, 0.2) is 0 Å². The number of aliphatic hydroxyl groups is 4.